The van der Waals surface area contributed by atoms with Crippen LogP contribution >= 0.6 is 0 Å². The predicted molar refractivity (Wildman–Crippen MR) is 242 cm³/mol. The Hall–Kier alpha value is -6.82. The van der Waals surface area contributed by atoms with Gasteiger partial charge in [0, 0.05) is 35.6 Å². The molecule has 0 bridgehead atoms. The smallest absolute Gasteiger partial charge is 0.250 e. The Bertz CT molecular complexity index is 2550. The second kappa shape index (κ2) is 18.1. The monoisotopic (exact) mass is 862 g/mol. The highest BCUT2D eigenvalue weighted by Gasteiger charge is 2.43. The molecule has 0 radical (unpaired) electrons. The van der Waals surface area contributed by atoms with Crippen LogP contribution in [0.1, 0.15) is 97.1 Å². The largest absolute Gasteiger partial charge is 0.495 e. The van der Waals surface area contributed by atoms with Gasteiger partial charge in [0.15, 0.2) is 0 Å². The summed E-state index contributed by atoms with van der Waals surface area (Å²) in [6.45, 7) is 3.89. The highest BCUT2D eigenvalue weighted by molar-refractivity contribution is 6.01. The summed E-state index contributed by atoms with van der Waals surface area (Å²) >= 11 is 0. The van der Waals surface area contributed by atoms with Gasteiger partial charge < -0.3 is 28.4 Å². The Balaban J connectivity index is 0.000000162. The summed E-state index contributed by atoms with van der Waals surface area (Å²) in [7, 11) is 3.29. The maximum absolute atomic E-state index is 13.4. The van der Waals surface area contributed by atoms with E-state index in [1.54, 1.807) is 51.1 Å². The van der Waals surface area contributed by atoms with Gasteiger partial charge in [-0.2, -0.15) is 0 Å². The van der Waals surface area contributed by atoms with E-state index in [1.165, 1.54) is 24.3 Å². The van der Waals surface area contributed by atoms with Crippen molar-refractivity contribution in [1.29, 1.82) is 0 Å². The zero-order valence-electron chi connectivity index (χ0n) is 36.6. The standard InChI is InChI=1S/2C26H26FN3O2/c2*1-17-15-29(16-28-17)24-11-6-18(13-25(24)32-2)12-20-14-22-4-3-5-23(30(22)26(20)31)19-7-9-21(27)10-8-19/h2*6-13,15-16,22-23H,3-5,14H2,1-2H3/b2*20-12+/t2*22-,23-/m10/s1. The number of nitrogens with zero attached hydrogens (tertiary/aromatic N) is 6. The topological polar surface area (TPSA) is 94.7 Å². The number of amides is 2. The molecule has 4 atom stereocenters. The summed E-state index contributed by atoms with van der Waals surface area (Å²) in [5.41, 5.74) is 9.19. The second-order valence-electron chi connectivity index (χ2n) is 17.2. The molecule has 0 saturated carbocycles. The van der Waals surface area contributed by atoms with Gasteiger partial charge in [0.25, 0.3) is 11.8 Å². The number of ether oxygens (including phenoxy) is 2. The number of benzene rings is 4. The summed E-state index contributed by atoms with van der Waals surface area (Å²) in [5.74, 6) is 1.11. The van der Waals surface area contributed by atoms with Crippen LogP contribution in [0.15, 0.2) is 121 Å². The number of hydrogen-bond acceptors (Lipinski definition) is 6. The number of carbonyl (C=O) groups is 2. The van der Waals surface area contributed by atoms with E-state index in [1.807, 2.05) is 93.7 Å². The van der Waals surface area contributed by atoms with Crippen LogP contribution in [-0.4, -0.2) is 67.0 Å². The minimum atomic E-state index is -0.252. The molecule has 12 heteroatoms. The van der Waals surface area contributed by atoms with Crippen molar-refractivity contribution in [3.63, 3.8) is 0 Å². The van der Waals surface area contributed by atoms with Crippen molar-refractivity contribution in [2.24, 2.45) is 0 Å². The summed E-state index contributed by atoms with van der Waals surface area (Å²) in [5, 5.41) is 0. The van der Waals surface area contributed by atoms with E-state index in [0.717, 1.165) is 119 Å². The molecular formula is C52H52F2N6O4. The molecule has 328 valence electrons. The molecular weight excluding hydrogens is 811 g/mol. The third-order valence-electron chi connectivity index (χ3n) is 13.0. The molecule has 0 spiro atoms. The minimum absolute atomic E-state index is 0.00847. The molecule has 2 aromatic heterocycles. The summed E-state index contributed by atoms with van der Waals surface area (Å²) < 4.78 is 41.9. The number of hydrogen-bond donors (Lipinski definition) is 0. The van der Waals surface area contributed by atoms with Gasteiger partial charge >= 0.3 is 0 Å². The van der Waals surface area contributed by atoms with Crippen LogP contribution in [0.3, 0.4) is 0 Å². The highest BCUT2D eigenvalue weighted by Crippen LogP contribution is 2.44. The molecule has 4 saturated heterocycles. The number of aryl methyl sites for hydroxylation is 2. The second-order valence-corrected chi connectivity index (χ2v) is 17.2. The van der Waals surface area contributed by atoms with E-state index in [-0.39, 0.29) is 47.6 Å². The molecule has 0 aliphatic carbocycles. The Labute approximate surface area is 372 Å². The van der Waals surface area contributed by atoms with Gasteiger partial charge in [-0.25, -0.2) is 18.7 Å². The third kappa shape index (κ3) is 8.61. The first-order valence-corrected chi connectivity index (χ1v) is 22.0. The summed E-state index contributed by atoms with van der Waals surface area (Å²) in [6.07, 6.45) is 18.8. The molecule has 4 aliphatic heterocycles. The van der Waals surface area contributed by atoms with Crippen molar-refractivity contribution >= 4 is 24.0 Å². The van der Waals surface area contributed by atoms with E-state index >= 15 is 0 Å². The molecule has 2 amide bonds. The lowest BCUT2D eigenvalue weighted by atomic mass is 9.91. The van der Waals surface area contributed by atoms with Crippen LogP contribution in [0.2, 0.25) is 0 Å². The molecule has 0 unspecified atom stereocenters. The first-order chi connectivity index (χ1) is 31.1. The zero-order valence-corrected chi connectivity index (χ0v) is 36.6. The lowest BCUT2D eigenvalue weighted by Gasteiger charge is -2.37. The minimum Gasteiger partial charge on any atom is -0.495 e. The fourth-order valence-corrected chi connectivity index (χ4v) is 9.96. The molecule has 64 heavy (non-hydrogen) atoms. The first kappa shape index (κ1) is 42.5. The fraction of sp³-hybridized carbons (Fsp3) is 0.308. The van der Waals surface area contributed by atoms with Crippen molar-refractivity contribution in [2.45, 2.75) is 89.4 Å². The molecule has 6 aromatic rings. The number of methoxy groups -OCH3 is 2. The van der Waals surface area contributed by atoms with Gasteiger partial charge in [0.05, 0.1) is 61.7 Å². The third-order valence-corrected chi connectivity index (χ3v) is 13.0. The molecule has 0 N–H and O–H groups in total. The van der Waals surface area contributed by atoms with E-state index in [4.69, 9.17) is 9.47 Å². The predicted octanol–water partition coefficient (Wildman–Crippen LogP) is 10.5. The van der Waals surface area contributed by atoms with Gasteiger partial charge in [-0.15, -0.1) is 0 Å². The summed E-state index contributed by atoms with van der Waals surface area (Å²) in [6, 6.07) is 25.4. The average molecular weight is 863 g/mol. The Morgan fingerprint density at radius 3 is 1.34 bits per heavy atom. The number of fused-ring (bicyclic) bond motifs is 2. The van der Waals surface area contributed by atoms with Gasteiger partial charge in [-0.1, -0.05) is 36.4 Å². The number of imidazole rings is 2. The lowest BCUT2D eigenvalue weighted by Crippen LogP contribution is -2.39. The Morgan fingerprint density at radius 1 is 0.578 bits per heavy atom. The van der Waals surface area contributed by atoms with Crippen LogP contribution in [0.5, 0.6) is 11.5 Å². The Morgan fingerprint density at radius 2 is 0.984 bits per heavy atom. The number of halogens is 2. The fourth-order valence-electron chi connectivity index (χ4n) is 9.96. The van der Waals surface area contributed by atoms with Crippen LogP contribution < -0.4 is 9.47 Å². The van der Waals surface area contributed by atoms with Crippen molar-refractivity contribution < 1.29 is 27.8 Å². The van der Waals surface area contributed by atoms with E-state index < -0.39 is 0 Å². The Kier molecular flexibility index (Phi) is 12.0. The average Bonchev–Trinajstić information content (AvgIpc) is 4.10. The number of carbonyl (C=O) groups excluding carboxylic acids is 2. The van der Waals surface area contributed by atoms with E-state index in [2.05, 4.69) is 9.97 Å². The maximum atomic E-state index is 13.4. The van der Waals surface area contributed by atoms with E-state index in [9.17, 15) is 18.4 Å². The number of rotatable bonds is 8. The van der Waals surface area contributed by atoms with Gasteiger partial charge in [-0.3, -0.25) is 9.59 Å². The van der Waals surface area contributed by atoms with Crippen molar-refractivity contribution in [1.82, 2.24) is 28.9 Å². The quantitative estimate of drug-likeness (QED) is 0.142. The highest BCUT2D eigenvalue weighted by atomic mass is 19.1. The molecule has 10 rings (SSSR count). The molecule has 4 aliphatic rings. The van der Waals surface area contributed by atoms with Crippen LogP contribution in [-0.2, 0) is 9.59 Å². The van der Waals surface area contributed by atoms with Gasteiger partial charge in [-0.05, 0) is 148 Å². The molecule has 10 nitrogen and oxygen atoms in total. The van der Waals surface area contributed by atoms with Crippen LogP contribution in [0.4, 0.5) is 8.78 Å². The van der Waals surface area contributed by atoms with E-state index in [0.29, 0.717) is 0 Å². The number of piperidine rings is 2. The normalized spacial score (nSPS) is 21.8. The van der Waals surface area contributed by atoms with Crippen LogP contribution in [0.25, 0.3) is 23.5 Å². The van der Waals surface area contributed by atoms with Crippen LogP contribution in [0, 0.1) is 25.5 Å². The maximum Gasteiger partial charge on any atom is 0.250 e. The molecule has 4 aromatic carbocycles. The molecule has 6 heterocycles. The van der Waals surface area contributed by atoms with Crippen molar-refractivity contribution in [3.05, 3.63) is 166 Å². The number of aromatic nitrogens is 4. The molecule has 4 fully saturated rings. The van der Waals surface area contributed by atoms with Crippen molar-refractivity contribution in [2.75, 3.05) is 14.2 Å². The van der Waals surface area contributed by atoms with Gasteiger partial charge in [0.1, 0.15) is 23.1 Å². The van der Waals surface area contributed by atoms with Gasteiger partial charge in [0.2, 0.25) is 0 Å². The zero-order chi connectivity index (χ0) is 44.5. The van der Waals surface area contributed by atoms with Crippen molar-refractivity contribution in [3.8, 4) is 22.9 Å². The lowest BCUT2D eigenvalue weighted by molar-refractivity contribution is -0.131. The SMILES string of the molecule is COc1cc(/C=C2\C[C@@H]3CCC[C@@H](c4ccc(F)cc4)N3C2=O)ccc1-n1cnc(C)c1.COc1cc(/C=C2\C[C@H]3CCC[C@H](c4ccc(F)cc4)N3C2=O)ccc1-n1cnc(C)c1. The summed E-state index contributed by atoms with van der Waals surface area (Å²) in [4.78, 5) is 39.4. The first-order valence-electron chi connectivity index (χ1n) is 22.0.